The minimum atomic E-state index is -0.322. The molecule has 7 rings (SSSR count). The summed E-state index contributed by atoms with van der Waals surface area (Å²) >= 11 is 1.46. The minimum Gasteiger partial charge on any atom is -0.349 e. The van der Waals surface area contributed by atoms with Gasteiger partial charge in [0.05, 0.1) is 15.6 Å². The number of likely N-dealkylation sites (tertiary alicyclic amines) is 1. The summed E-state index contributed by atoms with van der Waals surface area (Å²) in [6.45, 7) is 4.04. The quantitative estimate of drug-likeness (QED) is 0.430. The molecule has 0 bridgehead atoms. The Kier molecular flexibility index (Phi) is 5.45. The van der Waals surface area contributed by atoms with Crippen LogP contribution in [0.2, 0.25) is 0 Å². The summed E-state index contributed by atoms with van der Waals surface area (Å²) in [6, 6.07) is 8.21. The number of fused-ring (bicyclic) bond motifs is 6. The number of aromatic nitrogens is 3. The lowest BCUT2D eigenvalue weighted by Crippen LogP contribution is -2.42. The van der Waals surface area contributed by atoms with Crippen LogP contribution in [0.4, 0.5) is 5.95 Å². The summed E-state index contributed by atoms with van der Waals surface area (Å²) in [5.74, 6) is 1.57. The van der Waals surface area contributed by atoms with Gasteiger partial charge < -0.3 is 20.9 Å². The summed E-state index contributed by atoms with van der Waals surface area (Å²) in [6.07, 6.45) is 5.04. The van der Waals surface area contributed by atoms with Gasteiger partial charge in [0.25, 0.3) is 5.91 Å². The molecular weight excluding hydrogens is 486 g/mol. The van der Waals surface area contributed by atoms with E-state index in [1.807, 2.05) is 28.7 Å². The number of anilines is 1. The van der Waals surface area contributed by atoms with E-state index in [0.29, 0.717) is 33.6 Å². The molecule has 2 atom stereocenters. The number of pyridine rings is 1. The van der Waals surface area contributed by atoms with Gasteiger partial charge in [-0.2, -0.15) is 4.98 Å². The van der Waals surface area contributed by atoms with E-state index in [9.17, 15) is 9.59 Å². The number of carbonyl (C=O) groups is 1. The van der Waals surface area contributed by atoms with E-state index in [0.717, 1.165) is 62.1 Å². The van der Waals surface area contributed by atoms with Crippen molar-refractivity contribution in [3.63, 3.8) is 0 Å². The van der Waals surface area contributed by atoms with Crippen molar-refractivity contribution in [2.24, 2.45) is 17.6 Å². The maximum Gasteiger partial charge on any atom is 0.258 e. The average Bonchev–Trinajstić information content (AvgIpc) is 3.56. The molecule has 1 aromatic carbocycles. The van der Waals surface area contributed by atoms with Crippen molar-refractivity contribution < 1.29 is 4.79 Å². The van der Waals surface area contributed by atoms with Crippen LogP contribution in [-0.4, -0.2) is 70.5 Å². The number of para-hydroxylation sites is 1. The molecular formula is C27H31N7O2S. The van der Waals surface area contributed by atoms with Crippen molar-refractivity contribution in [1.29, 1.82) is 0 Å². The number of nitrogens with one attached hydrogen (secondary N) is 1. The molecule has 37 heavy (non-hydrogen) atoms. The number of carbonyl (C=O) groups excluding carboxylic acids is 1. The number of rotatable bonds is 3. The number of benzene rings is 1. The van der Waals surface area contributed by atoms with E-state index in [1.165, 1.54) is 11.3 Å². The normalized spacial score (nSPS) is 26.4. The SMILES string of the molecule is CN1CC2CN(c3ncc4c(=O)c(C(=O)NC5CCC(N)CC5)c5sc6ccccc6n5c4n3)CC2C1. The van der Waals surface area contributed by atoms with E-state index < -0.39 is 0 Å². The highest BCUT2D eigenvalue weighted by molar-refractivity contribution is 7.24. The molecule has 2 unspecified atom stereocenters. The summed E-state index contributed by atoms with van der Waals surface area (Å²) in [7, 11) is 2.18. The average molecular weight is 518 g/mol. The summed E-state index contributed by atoms with van der Waals surface area (Å²) < 4.78 is 2.99. The van der Waals surface area contributed by atoms with Crippen LogP contribution >= 0.6 is 11.3 Å². The smallest absolute Gasteiger partial charge is 0.258 e. The standard InChI is InChI=1S/C27H31N7O2S/c1-32-11-15-13-33(14-16(15)12-32)27-29-10-19-23(35)22(25(36)30-18-8-6-17(28)7-9-18)26-34(24(19)31-27)20-4-2-3-5-21(20)37-26/h2-5,10,15-18H,6-9,11-14,28H2,1H3,(H,30,36). The molecule has 3 fully saturated rings. The number of hydrogen-bond acceptors (Lipinski definition) is 8. The molecule has 0 spiro atoms. The molecule has 192 valence electrons. The fraction of sp³-hybridized carbons (Fsp3) is 0.481. The Hall–Kier alpha value is -3.08. The van der Waals surface area contributed by atoms with Gasteiger partial charge in [0.1, 0.15) is 10.4 Å². The fourth-order valence-electron chi connectivity index (χ4n) is 6.55. The van der Waals surface area contributed by atoms with E-state index in [1.54, 1.807) is 6.20 Å². The van der Waals surface area contributed by atoms with Crippen molar-refractivity contribution in [1.82, 2.24) is 24.6 Å². The lowest BCUT2D eigenvalue weighted by Gasteiger charge is -2.26. The van der Waals surface area contributed by atoms with Crippen LogP contribution < -0.4 is 21.4 Å². The zero-order valence-corrected chi connectivity index (χ0v) is 21.7. The predicted octanol–water partition coefficient (Wildman–Crippen LogP) is 2.45. The predicted molar refractivity (Wildman–Crippen MR) is 147 cm³/mol. The second-order valence-corrected chi connectivity index (χ2v) is 12.1. The van der Waals surface area contributed by atoms with Gasteiger partial charge in [0, 0.05) is 44.5 Å². The first-order valence-electron chi connectivity index (χ1n) is 13.2. The monoisotopic (exact) mass is 517 g/mol. The van der Waals surface area contributed by atoms with Gasteiger partial charge in [-0.25, -0.2) is 4.98 Å². The van der Waals surface area contributed by atoms with Crippen molar-refractivity contribution in [3.8, 4) is 0 Å². The lowest BCUT2D eigenvalue weighted by atomic mass is 9.91. The first kappa shape index (κ1) is 23.1. The molecule has 3 aromatic heterocycles. The third kappa shape index (κ3) is 3.81. The Morgan fingerprint density at radius 1 is 1.08 bits per heavy atom. The Labute approximate surface area is 218 Å². The zero-order chi connectivity index (χ0) is 25.3. The first-order valence-corrected chi connectivity index (χ1v) is 14.0. The second-order valence-electron chi connectivity index (χ2n) is 11.1. The summed E-state index contributed by atoms with van der Waals surface area (Å²) in [5, 5.41) is 3.50. The van der Waals surface area contributed by atoms with Crippen molar-refractivity contribution in [2.45, 2.75) is 37.8 Å². The highest BCUT2D eigenvalue weighted by Crippen LogP contribution is 2.34. The maximum atomic E-state index is 13.8. The van der Waals surface area contributed by atoms with Crippen LogP contribution in [0.3, 0.4) is 0 Å². The van der Waals surface area contributed by atoms with Gasteiger partial charge in [-0.05, 0) is 56.7 Å². The molecule has 1 aliphatic carbocycles. The molecule has 1 saturated carbocycles. The highest BCUT2D eigenvalue weighted by Gasteiger charge is 2.39. The highest BCUT2D eigenvalue weighted by atomic mass is 32.1. The zero-order valence-electron chi connectivity index (χ0n) is 20.9. The molecule has 0 radical (unpaired) electrons. The number of nitrogens with two attached hydrogens (primary N) is 1. The van der Waals surface area contributed by atoms with Gasteiger partial charge >= 0.3 is 0 Å². The molecule has 1 amide bonds. The molecule has 9 nitrogen and oxygen atoms in total. The fourth-order valence-corrected chi connectivity index (χ4v) is 7.73. The van der Waals surface area contributed by atoms with Gasteiger partial charge in [0.2, 0.25) is 11.4 Å². The Balaban J connectivity index is 1.35. The molecule has 2 saturated heterocycles. The third-order valence-corrected chi connectivity index (χ3v) is 9.60. The van der Waals surface area contributed by atoms with Crippen LogP contribution in [0.15, 0.2) is 35.3 Å². The van der Waals surface area contributed by atoms with Gasteiger partial charge in [-0.3, -0.25) is 14.0 Å². The lowest BCUT2D eigenvalue weighted by molar-refractivity contribution is 0.0926. The largest absolute Gasteiger partial charge is 0.349 e. The Morgan fingerprint density at radius 3 is 2.57 bits per heavy atom. The Morgan fingerprint density at radius 2 is 1.81 bits per heavy atom. The van der Waals surface area contributed by atoms with Crippen LogP contribution in [0.1, 0.15) is 36.0 Å². The first-order chi connectivity index (χ1) is 18.0. The topological polar surface area (TPSA) is 109 Å². The molecule has 3 N–H and O–H groups in total. The van der Waals surface area contributed by atoms with Gasteiger partial charge in [-0.1, -0.05) is 12.1 Å². The van der Waals surface area contributed by atoms with Gasteiger partial charge in [0.15, 0.2) is 5.65 Å². The molecule has 2 aliphatic heterocycles. The maximum absolute atomic E-state index is 13.8. The van der Waals surface area contributed by atoms with Crippen LogP contribution in [-0.2, 0) is 0 Å². The molecule has 5 heterocycles. The van der Waals surface area contributed by atoms with E-state index in [-0.39, 0.29) is 29.0 Å². The number of nitrogens with zero attached hydrogens (tertiary/aromatic N) is 5. The molecule has 10 heteroatoms. The Bertz CT molecular complexity index is 1570. The van der Waals surface area contributed by atoms with Crippen molar-refractivity contribution in [3.05, 3.63) is 46.2 Å². The van der Waals surface area contributed by atoms with E-state index in [4.69, 9.17) is 10.7 Å². The number of amides is 1. The van der Waals surface area contributed by atoms with E-state index >= 15 is 0 Å². The number of hydrogen-bond donors (Lipinski definition) is 2. The third-order valence-electron chi connectivity index (χ3n) is 8.45. The van der Waals surface area contributed by atoms with Crippen LogP contribution in [0, 0.1) is 11.8 Å². The van der Waals surface area contributed by atoms with Crippen molar-refractivity contribution >= 4 is 49.3 Å². The molecule has 4 aromatic rings. The van der Waals surface area contributed by atoms with Crippen LogP contribution in [0.5, 0.6) is 0 Å². The number of thiazole rings is 1. The summed E-state index contributed by atoms with van der Waals surface area (Å²) in [5.41, 5.74) is 7.43. The molecule has 3 aliphatic rings. The summed E-state index contributed by atoms with van der Waals surface area (Å²) in [4.78, 5) is 42.2. The van der Waals surface area contributed by atoms with E-state index in [2.05, 4.69) is 27.1 Å². The van der Waals surface area contributed by atoms with Crippen molar-refractivity contribution in [2.75, 3.05) is 38.1 Å². The minimum absolute atomic E-state index is 0.0316. The van der Waals surface area contributed by atoms with Gasteiger partial charge in [-0.15, -0.1) is 11.3 Å². The van der Waals surface area contributed by atoms with Crippen LogP contribution in [0.25, 0.3) is 26.1 Å². The second kappa shape index (κ2) is 8.75.